The predicted molar refractivity (Wildman–Crippen MR) is 87.5 cm³/mol. The fourth-order valence-corrected chi connectivity index (χ4v) is 2.68. The molecule has 0 spiro atoms. The van der Waals surface area contributed by atoms with Gasteiger partial charge in [-0.1, -0.05) is 0 Å². The first-order chi connectivity index (χ1) is 11.5. The first kappa shape index (κ1) is 16.4. The number of urea groups is 1. The zero-order valence-corrected chi connectivity index (χ0v) is 13.8. The second-order valence-corrected chi connectivity index (χ2v) is 5.95. The second kappa shape index (κ2) is 7.00. The number of carbonyl (C=O) groups is 1. The SMILES string of the molecule is Cc1nn(-c2ccc(F)cc2)cc1CNC(=O)N1CCO[C@H](C)C1. The van der Waals surface area contributed by atoms with Crippen molar-refractivity contribution in [1.29, 1.82) is 0 Å². The summed E-state index contributed by atoms with van der Waals surface area (Å²) in [5, 5.41) is 7.34. The molecule has 1 aromatic heterocycles. The highest BCUT2D eigenvalue weighted by molar-refractivity contribution is 5.74. The summed E-state index contributed by atoms with van der Waals surface area (Å²) in [5.74, 6) is -0.283. The van der Waals surface area contributed by atoms with E-state index in [9.17, 15) is 9.18 Å². The Bertz CT molecular complexity index is 714. The number of nitrogens with zero attached hydrogens (tertiary/aromatic N) is 3. The van der Waals surface area contributed by atoms with Crippen molar-refractivity contribution in [2.45, 2.75) is 26.5 Å². The molecular formula is C17H21FN4O2. The van der Waals surface area contributed by atoms with Crippen LogP contribution in [-0.2, 0) is 11.3 Å². The van der Waals surface area contributed by atoms with Gasteiger partial charge in [0.2, 0.25) is 0 Å². The first-order valence-electron chi connectivity index (χ1n) is 7.98. The summed E-state index contributed by atoms with van der Waals surface area (Å²) in [6.45, 7) is 6.01. The molecule has 2 amide bonds. The van der Waals surface area contributed by atoms with Crippen LogP contribution in [0.15, 0.2) is 30.5 Å². The van der Waals surface area contributed by atoms with E-state index in [4.69, 9.17) is 4.74 Å². The Labute approximate surface area is 140 Å². The number of aromatic nitrogens is 2. The largest absolute Gasteiger partial charge is 0.375 e. The van der Waals surface area contributed by atoms with Crippen molar-refractivity contribution in [2.24, 2.45) is 0 Å². The van der Waals surface area contributed by atoms with Crippen molar-refractivity contribution in [3.05, 3.63) is 47.5 Å². The molecular weight excluding hydrogens is 311 g/mol. The molecule has 0 bridgehead atoms. The van der Waals surface area contributed by atoms with Gasteiger partial charge in [0.05, 0.1) is 24.1 Å². The van der Waals surface area contributed by atoms with E-state index in [2.05, 4.69) is 10.4 Å². The molecule has 0 unspecified atom stereocenters. The van der Waals surface area contributed by atoms with E-state index >= 15 is 0 Å². The van der Waals surface area contributed by atoms with E-state index in [1.165, 1.54) is 12.1 Å². The Hall–Kier alpha value is -2.41. The molecule has 2 heterocycles. The molecule has 1 aromatic carbocycles. The highest BCUT2D eigenvalue weighted by Crippen LogP contribution is 2.13. The minimum Gasteiger partial charge on any atom is -0.375 e. The van der Waals surface area contributed by atoms with E-state index in [-0.39, 0.29) is 18.0 Å². The van der Waals surface area contributed by atoms with Gasteiger partial charge in [0.15, 0.2) is 0 Å². The van der Waals surface area contributed by atoms with Gasteiger partial charge < -0.3 is 15.0 Å². The van der Waals surface area contributed by atoms with Gasteiger partial charge >= 0.3 is 6.03 Å². The fourth-order valence-electron chi connectivity index (χ4n) is 2.68. The minimum atomic E-state index is -0.283. The lowest BCUT2D eigenvalue weighted by atomic mass is 10.2. The third-order valence-electron chi connectivity index (χ3n) is 4.05. The molecule has 0 radical (unpaired) electrons. The van der Waals surface area contributed by atoms with Crippen LogP contribution in [-0.4, -0.2) is 46.5 Å². The van der Waals surface area contributed by atoms with Crippen molar-refractivity contribution in [1.82, 2.24) is 20.0 Å². The number of hydrogen-bond donors (Lipinski definition) is 1. The van der Waals surface area contributed by atoms with Gasteiger partial charge in [-0.15, -0.1) is 0 Å². The average Bonchev–Trinajstić information content (AvgIpc) is 2.94. The van der Waals surface area contributed by atoms with Crippen LogP contribution in [0.3, 0.4) is 0 Å². The van der Waals surface area contributed by atoms with Gasteiger partial charge in [-0.25, -0.2) is 13.9 Å². The van der Waals surface area contributed by atoms with E-state index in [1.54, 1.807) is 21.7 Å². The van der Waals surface area contributed by atoms with Crippen LogP contribution in [0.1, 0.15) is 18.2 Å². The Balaban J connectivity index is 1.63. The maximum atomic E-state index is 13.0. The Morgan fingerprint density at radius 3 is 2.88 bits per heavy atom. The number of rotatable bonds is 3. The normalized spacial score (nSPS) is 17.8. The van der Waals surface area contributed by atoms with Gasteiger partial charge in [-0.3, -0.25) is 0 Å². The Kier molecular flexibility index (Phi) is 4.80. The van der Waals surface area contributed by atoms with Crippen molar-refractivity contribution in [3.63, 3.8) is 0 Å². The number of aryl methyl sites for hydroxylation is 1. The zero-order chi connectivity index (χ0) is 17.1. The third-order valence-corrected chi connectivity index (χ3v) is 4.05. The van der Waals surface area contributed by atoms with Gasteiger partial charge in [0.25, 0.3) is 0 Å². The summed E-state index contributed by atoms with van der Waals surface area (Å²) in [6, 6.07) is 6.03. The summed E-state index contributed by atoms with van der Waals surface area (Å²) in [5.41, 5.74) is 2.53. The van der Waals surface area contributed by atoms with E-state index in [0.29, 0.717) is 26.2 Å². The smallest absolute Gasteiger partial charge is 0.317 e. The molecule has 24 heavy (non-hydrogen) atoms. The topological polar surface area (TPSA) is 59.4 Å². The number of carbonyl (C=O) groups excluding carboxylic acids is 1. The number of hydrogen-bond acceptors (Lipinski definition) is 3. The summed E-state index contributed by atoms with van der Waals surface area (Å²) in [6.07, 6.45) is 1.91. The number of halogens is 1. The van der Waals surface area contributed by atoms with E-state index in [0.717, 1.165) is 16.9 Å². The van der Waals surface area contributed by atoms with Crippen LogP contribution in [0.4, 0.5) is 9.18 Å². The van der Waals surface area contributed by atoms with E-state index in [1.807, 2.05) is 20.0 Å². The second-order valence-electron chi connectivity index (χ2n) is 5.95. The Morgan fingerprint density at radius 1 is 1.42 bits per heavy atom. The number of ether oxygens (including phenoxy) is 1. The molecule has 1 saturated heterocycles. The zero-order valence-electron chi connectivity index (χ0n) is 13.8. The molecule has 1 N–H and O–H groups in total. The molecule has 1 aliphatic rings. The maximum absolute atomic E-state index is 13.0. The number of amides is 2. The molecule has 2 aromatic rings. The monoisotopic (exact) mass is 332 g/mol. The summed E-state index contributed by atoms with van der Waals surface area (Å²) in [4.78, 5) is 14.0. The summed E-state index contributed by atoms with van der Waals surface area (Å²) < 4.78 is 20.1. The van der Waals surface area contributed by atoms with Crippen LogP contribution in [0.5, 0.6) is 0 Å². The van der Waals surface area contributed by atoms with Crippen LogP contribution >= 0.6 is 0 Å². The van der Waals surface area contributed by atoms with Crippen LogP contribution < -0.4 is 5.32 Å². The molecule has 0 saturated carbocycles. The molecule has 7 heteroatoms. The van der Waals surface area contributed by atoms with Crippen molar-refractivity contribution in [3.8, 4) is 5.69 Å². The molecule has 6 nitrogen and oxygen atoms in total. The van der Waals surface area contributed by atoms with Crippen molar-refractivity contribution < 1.29 is 13.9 Å². The van der Waals surface area contributed by atoms with Crippen LogP contribution in [0, 0.1) is 12.7 Å². The average molecular weight is 332 g/mol. The highest BCUT2D eigenvalue weighted by Gasteiger charge is 2.21. The van der Waals surface area contributed by atoms with Gasteiger partial charge in [0, 0.05) is 31.4 Å². The Morgan fingerprint density at radius 2 is 2.17 bits per heavy atom. The highest BCUT2D eigenvalue weighted by atomic mass is 19.1. The predicted octanol–water partition coefficient (Wildman–Crippen LogP) is 2.25. The lowest BCUT2D eigenvalue weighted by Crippen LogP contribution is -2.48. The first-order valence-corrected chi connectivity index (χ1v) is 7.98. The molecule has 1 atom stereocenters. The molecule has 3 rings (SSSR count). The number of morpholine rings is 1. The van der Waals surface area contributed by atoms with Crippen LogP contribution in [0.25, 0.3) is 5.69 Å². The van der Waals surface area contributed by atoms with Crippen molar-refractivity contribution >= 4 is 6.03 Å². The van der Waals surface area contributed by atoms with Crippen molar-refractivity contribution in [2.75, 3.05) is 19.7 Å². The standard InChI is InChI=1S/C17H21FN4O2/c1-12-10-21(7-8-24-12)17(23)19-9-14-11-22(20-13(14)2)16-5-3-15(18)4-6-16/h3-6,11-12H,7-10H2,1-2H3,(H,19,23)/t12-/m1/s1. The molecule has 1 fully saturated rings. The van der Waals surface area contributed by atoms with E-state index < -0.39 is 0 Å². The number of nitrogens with one attached hydrogen (secondary N) is 1. The van der Waals surface area contributed by atoms with Gasteiger partial charge in [-0.05, 0) is 38.1 Å². The molecule has 128 valence electrons. The van der Waals surface area contributed by atoms with Crippen LogP contribution in [0.2, 0.25) is 0 Å². The minimum absolute atomic E-state index is 0.0625. The third kappa shape index (κ3) is 3.73. The molecule has 0 aliphatic carbocycles. The van der Waals surface area contributed by atoms with Gasteiger partial charge in [-0.2, -0.15) is 5.10 Å². The number of benzene rings is 1. The lowest BCUT2D eigenvalue weighted by Gasteiger charge is -2.31. The maximum Gasteiger partial charge on any atom is 0.317 e. The lowest BCUT2D eigenvalue weighted by molar-refractivity contribution is -0.00352. The summed E-state index contributed by atoms with van der Waals surface area (Å²) >= 11 is 0. The summed E-state index contributed by atoms with van der Waals surface area (Å²) in [7, 11) is 0. The fraction of sp³-hybridized carbons (Fsp3) is 0.412. The quantitative estimate of drug-likeness (QED) is 0.938. The van der Waals surface area contributed by atoms with Gasteiger partial charge in [0.1, 0.15) is 5.82 Å². The molecule has 1 aliphatic heterocycles.